The number of benzene rings is 2. The molecule has 0 aromatic heterocycles. The Labute approximate surface area is 136 Å². The van der Waals surface area contributed by atoms with Gasteiger partial charge >= 0.3 is 0 Å². The van der Waals surface area contributed by atoms with Crippen LogP contribution in [0.15, 0.2) is 47.4 Å². The minimum Gasteiger partial charge on any atom is -0.496 e. The molecule has 0 aliphatic heterocycles. The van der Waals surface area contributed by atoms with Crippen molar-refractivity contribution < 1.29 is 13.2 Å². The van der Waals surface area contributed by atoms with Crippen LogP contribution in [-0.4, -0.2) is 22.1 Å². The van der Waals surface area contributed by atoms with Gasteiger partial charge in [-0.1, -0.05) is 17.7 Å². The lowest BCUT2D eigenvalue weighted by Crippen LogP contribution is -2.26. The van der Waals surface area contributed by atoms with E-state index in [9.17, 15) is 8.42 Å². The van der Waals surface area contributed by atoms with Gasteiger partial charge in [0.1, 0.15) is 5.75 Å². The number of hydrogen-bond donors (Lipinski definition) is 1. The summed E-state index contributed by atoms with van der Waals surface area (Å²) in [4.78, 5) is 0.146. The monoisotopic (exact) mass is 330 g/mol. The molecule has 0 heterocycles. The first-order chi connectivity index (χ1) is 11.0. The smallest absolute Gasteiger partial charge is 0.240 e. The fourth-order valence-electron chi connectivity index (χ4n) is 2.21. The second-order valence-corrected chi connectivity index (χ2v) is 6.87. The van der Waals surface area contributed by atoms with Gasteiger partial charge in [-0.05, 0) is 49.2 Å². The molecule has 5 nitrogen and oxygen atoms in total. The number of ether oxygens (including phenoxy) is 1. The fourth-order valence-corrected chi connectivity index (χ4v) is 3.25. The molecule has 0 spiro atoms. The van der Waals surface area contributed by atoms with Crippen molar-refractivity contribution in [3.05, 3.63) is 59.2 Å². The Kier molecular flexibility index (Phi) is 5.37. The van der Waals surface area contributed by atoms with Crippen molar-refractivity contribution in [1.82, 2.24) is 4.72 Å². The van der Waals surface area contributed by atoms with Crippen LogP contribution in [0.2, 0.25) is 0 Å². The lowest BCUT2D eigenvalue weighted by Gasteiger charge is -2.11. The molecule has 0 unspecified atom stereocenters. The molecule has 2 aromatic rings. The maximum Gasteiger partial charge on any atom is 0.240 e. The number of aryl methyl sites for hydroxylation is 1. The number of methoxy groups -OCH3 is 1. The third-order valence-electron chi connectivity index (χ3n) is 3.42. The van der Waals surface area contributed by atoms with Crippen LogP contribution < -0.4 is 9.46 Å². The maximum atomic E-state index is 12.2. The second kappa shape index (κ2) is 7.27. The predicted molar refractivity (Wildman–Crippen MR) is 87.8 cm³/mol. The van der Waals surface area contributed by atoms with E-state index in [0.717, 1.165) is 16.9 Å². The van der Waals surface area contributed by atoms with E-state index in [1.807, 2.05) is 31.2 Å². The van der Waals surface area contributed by atoms with Gasteiger partial charge in [-0.2, -0.15) is 5.26 Å². The van der Waals surface area contributed by atoms with Crippen LogP contribution in [0.4, 0.5) is 0 Å². The second-order valence-electron chi connectivity index (χ2n) is 5.10. The van der Waals surface area contributed by atoms with E-state index in [4.69, 9.17) is 10.00 Å². The molecule has 23 heavy (non-hydrogen) atoms. The number of nitriles is 1. The third kappa shape index (κ3) is 4.31. The summed E-state index contributed by atoms with van der Waals surface area (Å²) in [7, 11) is -1.99. The molecule has 0 bridgehead atoms. The van der Waals surface area contributed by atoms with Crippen LogP contribution in [-0.2, 0) is 16.4 Å². The van der Waals surface area contributed by atoms with Crippen LogP contribution in [0.1, 0.15) is 16.7 Å². The highest BCUT2D eigenvalue weighted by molar-refractivity contribution is 7.89. The summed E-state index contributed by atoms with van der Waals surface area (Å²) < 4.78 is 32.3. The minimum absolute atomic E-state index is 0.146. The first kappa shape index (κ1) is 17.0. The Morgan fingerprint density at radius 3 is 2.48 bits per heavy atom. The first-order valence-electron chi connectivity index (χ1n) is 7.09. The van der Waals surface area contributed by atoms with Crippen LogP contribution in [0.5, 0.6) is 5.75 Å². The van der Waals surface area contributed by atoms with Crippen LogP contribution in [0, 0.1) is 18.3 Å². The van der Waals surface area contributed by atoms with E-state index < -0.39 is 10.0 Å². The molecular formula is C17H18N2O3S. The molecule has 0 saturated heterocycles. The summed E-state index contributed by atoms with van der Waals surface area (Å²) in [5.74, 6) is 0.744. The summed E-state index contributed by atoms with van der Waals surface area (Å²) in [6.45, 7) is 2.24. The molecule has 6 heteroatoms. The average Bonchev–Trinajstić information content (AvgIpc) is 2.55. The van der Waals surface area contributed by atoms with Gasteiger partial charge in [-0.15, -0.1) is 0 Å². The number of sulfonamides is 1. The van der Waals surface area contributed by atoms with Gasteiger partial charge in [0.05, 0.1) is 23.6 Å². The zero-order valence-electron chi connectivity index (χ0n) is 13.0. The molecular weight excluding hydrogens is 312 g/mol. The quantitative estimate of drug-likeness (QED) is 0.882. The molecule has 0 saturated carbocycles. The number of hydrogen-bond acceptors (Lipinski definition) is 4. The molecule has 0 aliphatic carbocycles. The lowest BCUT2D eigenvalue weighted by atomic mass is 10.1. The maximum absolute atomic E-state index is 12.2. The van der Waals surface area contributed by atoms with Crippen LogP contribution >= 0.6 is 0 Å². The summed E-state index contributed by atoms with van der Waals surface area (Å²) in [5, 5.41) is 8.74. The summed E-state index contributed by atoms with van der Waals surface area (Å²) in [6.07, 6.45) is 0.528. The normalized spacial score (nSPS) is 11.0. The van der Waals surface area contributed by atoms with Gasteiger partial charge in [0, 0.05) is 6.54 Å². The van der Waals surface area contributed by atoms with Gasteiger partial charge in [-0.25, -0.2) is 13.1 Å². The molecule has 1 N–H and O–H groups in total. The van der Waals surface area contributed by atoms with Crippen molar-refractivity contribution in [2.24, 2.45) is 0 Å². The summed E-state index contributed by atoms with van der Waals surface area (Å²) in [6, 6.07) is 13.6. The highest BCUT2D eigenvalue weighted by atomic mass is 32.2. The van der Waals surface area contributed by atoms with Gasteiger partial charge in [0.2, 0.25) is 10.0 Å². The van der Waals surface area contributed by atoms with Gasteiger partial charge in [0.15, 0.2) is 0 Å². The van der Waals surface area contributed by atoms with E-state index in [0.29, 0.717) is 12.0 Å². The molecule has 0 atom stereocenters. The van der Waals surface area contributed by atoms with Crippen LogP contribution in [0.3, 0.4) is 0 Å². The Balaban J connectivity index is 2.05. The van der Waals surface area contributed by atoms with E-state index in [2.05, 4.69) is 4.72 Å². The molecule has 0 amide bonds. The molecule has 0 aliphatic rings. The van der Waals surface area contributed by atoms with E-state index in [1.165, 1.54) is 24.3 Å². The highest BCUT2D eigenvalue weighted by Gasteiger charge is 2.13. The van der Waals surface area contributed by atoms with E-state index >= 15 is 0 Å². The Morgan fingerprint density at radius 2 is 1.87 bits per heavy atom. The summed E-state index contributed by atoms with van der Waals surface area (Å²) in [5.41, 5.74) is 2.47. The van der Waals surface area contributed by atoms with E-state index in [-0.39, 0.29) is 11.4 Å². The van der Waals surface area contributed by atoms with E-state index in [1.54, 1.807) is 7.11 Å². The van der Waals surface area contributed by atoms with Crippen molar-refractivity contribution in [3.8, 4) is 11.8 Å². The largest absolute Gasteiger partial charge is 0.496 e. The third-order valence-corrected chi connectivity index (χ3v) is 4.89. The van der Waals surface area contributed by atoms with Crippen molar-refractivity contribution in [2.75, 3.05) is 13.7 Å². The zero-order valence-corrected chi connectivity index (χ0v) is 13.9. The van der Waals surface area contributed by atoms with Crippen molar-refractivity contribution in [2.45, 2.75) is 18.2 Å². The Hall–Kier alpha value is -2.36. The van der Waals surface area contributed by atoms with Gasteiger partial charge < -0.3 is 4.74 Å². The van der Waals surface area contributed by atoms with Crippen molar-refractivity contribution in [1.29, 1.82) is 5.26 Å². The minimum atomic E-state index is -3.59. The fraction of sp³-hybridized carbons (Fsp3) is 0.235. The first-order valence-corrected chi connectivity index (χ1v) is 8.58. The average molecular weight is 330 g/mol. The van der Waals surface area contributed by atoms with Gasteiger partial charge in [0.25, 0.3) is 0 Å². The SMILES string of the molecule is COc1ccc(C)cc1CCNS(=O)(=O)c1ccc(C#N)cc1. The van der Waals surface area contributed by atoms with Crippen molar-refractivity contribution >= 4 is 10.0 Å². The molecule has 0 fully saturated rings. The number of nitrogens with zero attached hydrogens (tertiary/aromatic N) is 1. The standard InChI is InChI=1S/C17H18N2O3S/c1-13-3-8-17(22-2)15(11-13)9-10-19-23(20,21)16-6-4-14(12-18)5-7-16/h3-8,11,19H,9-10H2,1-2H3. The van der Waals surface area contributed by atoms with Gasteiger partial charge in [-0.3, -0.25) is 0 Å². The predicted octanol–water partition coefficient (Wildman–Crippen LogP) is 2.40. The molecule has 0 radical (unpaired) electrons. The highest BCUT2D eigenvalue weighted by Crippen LogP contribution is 2.20. The lowest BCUT2D eigenvalue weighted by molar-refractivity contribution is 0.409. The molecule has 2 aromatic carbocycles. The van der Waals surface area contributed by atoms with Crippen molar-refractivity contribution in [3.63, 3.8) is 0 Å². The van der Waals surface area contributed by atoms with Crippen LogP contribution in [0.25, 0.3) is 0 Å². The summed E-state index contributed by atoms with van der Waals surface area (Å²) >= 11 is 0. The number of nitrogens with one attached hydrogen (secondary N) is 1. The molecule has 2 rings (SSSR count). The Morgan fingerprint density at radius 1 is 1.17 bits per heavy atom. The topological polar surface area (TPSA) is 79.2 Å². The zero-order chi connectivity index (χ0) is 16.9. The number of rotatable bonds is 6. The Bertz CT molecular complexity index is 822. The molecule has 120 valence electrons.